The first kappa shape index (κ1) is 13.3. The highest BCUT2D eigenvalue weighted by Crippen LogP contribution is 2.48. The number of piperidine rings is 3. The molecule has 5 heterocycles. The van der Waals surface area contributed by atoms with E-state index in [-0.39, 0.29) is 5.54 Å². The summed E-state index contributed by atoms with van der Waals surface area (Å²) in [5, 5.41) is 1.86. The minimum absolute atomic E-state index is 0.233. The van der Waals surface area contributed by atoms with Gasteiger partial charge in [0.15, 0.2) is 5.13 Å². The molecule has 0 aliphatic carbocycles. The van der Waals surface area contributed by atoms with Crippen LogP contribution in [0.3, 0.4) is 0 Å². The van der Waals surface area contributed by atoms with Gasteiger partial charge in [0.2, 0.25) is 0 Å². The zero-order valence-corrected chi connectivity index (χ0v) is 13.9. The second-order valence-corrected chi connectivity index (χ2v) is 8.11. The van der Waals surface area contributed by atoms with Crippen molar-refractivity contribution in [1.29, 1.82) is 0 Å². The standard InChI is InChI=1S/C17H18ClN3S/c18-13-3-1-4-14-15(13)19-16(22-14)21-8-2-7-17(21)11-20-9-5-12(17)6-10-20/h1-4,8,12H,5-7,9-11H2. The second kappa shape index (κ2) is 4.70. The number of anilines is 1. The van der Waals surface area contributed by atoms with Crippen molar-refractivity contribution in [1.82, 2.24) is 9.88 Å². The molecule has 114 valence electrons. The van der Waals surface area contributed by atoms with Crippen molar-refractivity contribution in [3.8, 4) is 0 Å². The Morgan fingerprint density at radius 3 is 2.86 bits per heavy atom. The largest absolute Gasteiger partial charge is 0.317 e. The molecule has 6 rings (SSSR count). The van der Waals surface area contributed by atoms with Crippen LogP contribution < -0.4 is 4.90 Å². The first-order valence-corrected chi connectivity index (χ1v) is 9.19. The quantitative estimate of drug-likeness (QED) is 0.783. The zero-order chi connectivity index (χ0) is 14.7. The van der Waals surface area contributed by atoms with Crippen molar-refractivity contribution in [3.63, 3.8) is 0 Å². The molecular formula is C17H18ClN3S. The average Bonchev–Trinajstić information content (AvgIpc) is 3.13. The topological polar surface area (TPSA) is 19.4 Å². The Hall–Kier alpha value is -1.10. The van der Waals surface area contributed by atoms with Crippen molar-refractivity contribution < 1.29 is 0 Å². The summed E-state index contributed by atoms with van der Waals surface area (Å²) in [6.45, 7) is 3.71. The highest BCUT2D eigenvalue weighted by atomic mass is 35.5. The molecule has 3 fully saturated rings. The van der Waals surface area contributed by atoms with Gasteiger partial charge in [0, 0.05) is 12.7 Å². The van der Waals surface area contributed by atoms with Crippen LogP contribution in [0.5, 0.6) is 0 Å². The van der Waals surface area contributed by atoms with Crippen molar-refractivity contribution in [2.24, 2.45) is 5.92 Å². The van der Waals surface area contributed by atoms with Crippen LogP contribution in [0.4, 0.5) is 5.13 Å². The predicted molar refractivity (Wildman–Crippen MR) is 92.8 cm³/mol. The van der Waals surface area contributed by atoms with E-state index in [1.54, 1.807) is 11.3 Å². The van der Waals surface area contributed by atoms with Crippen molar-refractivity contribution >= 4 is 38.3 Å². The molecule has 5 heteroatoms. The van der Waals surface area contributed by atoms with E-state index in [0.29, 0.717) is 0 Å². The Labute approximate surface area is 139 Å². The summed E-state index contributed by atoms with van der Waals surface area (Å²) >= 11 is 8.08. The number of nitrogens with zero attached hydrogens (tertiary/aromatic N) is 3. The third kappa shape index (κ3) is 1.75. The lowest BCUT2D eigenvalue weighted by atomic mass is 9.71. The molecule has 1 spiro atoms. The first-order chi connectivity index (χ1) is 10.8. The Morgan fingerprint density at radius 2 is 2.14 bits per heavy atom. The number of fused-ring (bicyclic) bond motifs is 3. The van der Waals surface area contributed by atoms with Gasteiger partial charge in [0.05, 0.1) is 15.3 Å². The summed E-state index contributed by atoms with van der Waals surface area (Å²) < 4.78 is 1.18. The van der Waals surface area contributed by atoms with E-state index in [1.807, 2.05) is 12.1 Å². The van der Waals surface area contributed by atoms with Gasteiger partial charge in [-0.3, -0.25) is 0 Å². The van der Waals surface area contributed by atoms with Gasteiger partial charge in [-0.15, -0.1) is 0 Å². The molecule has 0 saturated carbocycles. The third-order valence-corrected chi connectivity index (χ3v) is 6.94. The second-order valence-electron chi connectivity index (χ2n) is 6.70. The van der Waals surface area contributed by atoms with Crippen LogP contribution in [-0.2, 0) is 0 Å². The summed E-state index contributed by atoms with van der Waals surface area (Å²) in [6, 6.07) is 6.05. The molecule has 22 heavy (non-hydrogen) atoms. The molecule has 1 aromatic carbocycles. The van der Waals surface area contributed by atoms with E-state index >= 15 is 0 Å². The number of hydrogen-bond acceptors (Lipinski definition) is 4. The molecule has 3 saturated heterocycles. The van der Waals surface area contributed by atoms with E-state index in [1.165, 1.54) is 37.2 Å². The van der Waals surface area contributed by atoms with Crippen LogP contribution in [0, 0.1) is 5.92 Å². The Kier molecular flexibility index (Phi) is 2.85. The van der Waals surface area contributed by atoms with E-state index < -0.39 is 0 Å². The van der Waals surface area contributed by atoms with Crippen molar-refractivity contribution in [3.05, 3.63) is 35.5 Å². The van der Waals surface area contributed by atoms with E-state index in [2.05, 4.69) is 28.1 Å². The van der Waals surface area contributed by atoms with Crippen LogP contribution in [0.15, 0.2) is 30.5 Å². The van der Waals surface area contributed by atoms with E-state index in [4.69, 9.17) is 16.6 Å². The van der Waals surface area contributed by atoms with Crippen LogP contribution in [0.25, 0.3) is 10.2 Å². The number of aromatic nitrogens is 1. The van der Waals surface area contributed by atoms with Gasteiger partial charge in [-0.25, -0.2) is 4.98 Å². The highest BCUT2D eigenvalue weighted by Gasteiger charge is 2.51. The van der Waals surface area contributed by atoms with Crippen molar-refractivity contribution in [2.75, 3.05) is 24.5 Å². The molecule has 0 radical (unpaired) electrons. The van der Waals surface area contributed by atoms with E-state index in [9.17, 15) is 0 Å². The summed E-state index contributed by atoms with van der Waals surface area (Å²) in [5.74, 6) is 0.787. The van der Waals surface area contributed by atoms with Gasteiger partial charge >= 0.3 is 0 Å². The smallest absolute Gasteiger partial charge is 0.191 e. The van der Waals surface area contributed by atoms with Gasteiger partial charge in [0.25, 0.3) is 0 Å². The van der Waals surface area contributed by atoms with Gasteiger partial charge in [-0.2, -0.15) is 0 Å². The molecule has 4 aliphatic rings. The summed E-state index contributed by atoms with van der Waals surface area (Å²) in [4.78, 5) is 9.96. The number of rotatable bonds is 1. The molecular weight excluding hydrogens is 314 g/mol. The Bertz CT molecular complexity index is 762. The summed E-state index contributed by atoms with van der Waals surface area (Å²) in [5.41, 5.74) is 1.18. The molecule has 1 atom stereocenters. The third-order valence-electron chi connectivity index (χ3n) is 5.62. The molecule has 0 N–H and O–H groups in total. The van der Waals surface area contributed by atoms with Crippen LogP contribution in [0.1, 0.15) is 19.3 Å². The molecule has 0 amide bonds. The predicted octanol–water partition coefficient (Wildman–Crippen LogP) is 4.14. The maximum Gasteiger partial charge on any atom is 0.191 e. The van der Waals surface area contributed by atoms with E-state index in [0.717, 1.165) is 28.0 Å². The van der Waals surface area contributed by atoms with Crippen LogP contribution >= 0.6 is 22.9 Å². The Balaban J connectivity index is 1.60. The summed E-state index contributed by atoms with van der Waals surface area (Å²) in [7, 11) is 0. The number of halogens is 1. The van der Waals surface area contributed by atoms with Gasteiger partial charge in [-0.1, -0.05) is 35.1 Å². The number of para-hydroxylation sites is 1. The number of thiazole rings is 1. The maximum atomic E-state index is 6.32. The normalized spacial score (nSPS) is 33.4. The average molecular weight is 332 g/mol. The SMILES string of the molecule is Clc1cccc2sc(N3C=CCC34CN3CCC4CC3)nc12. The lowest BCUT2D eigenvalue weighted by molar-refractivity contribution is 0.0335. The number of hydrogen-bond donors (Lipinski definition) is 0. The lowest BCUT2D eigenvalue weighted by Gasteiger charge is -2.55. The molecule has 3 nitrogen and oxygen atoms in total. The first-order valence-electron chi connectivity index (χ1n) is 8.00. The highest BCUT2D eigenvalue weighted by molar-refractivity contribution is 7.22. The van der Waals surface area contributed by atoms with Crippen LogP contribution in [0.2, 0.25) is 5.02 Å². The minimum atomic E-state index is 0.233. The monoisotopic (exact) mass is 331 g/mol. The van der Waals surface area contributed by atoms with Crippen LogP contribution in [-0.4, -0.2) is 35.1 Å². The van der Waals surface area contributed by atoms with Gasteiger partial charge in [-0.05, 0) is 50.4 Å². The molecule has 2 bridgehead atoms. The molecule has 1 aromatic heterocycles. The zero-order valence-electron chi connectivity index (χ0n) is 12.3. The maximum absolute atomic E-state index is 6.32. The fraction of sp³-hybridized carbons (Fsp3) is 0.471. The molecule has 4 aliphatic heterocycles. The van der Waals surface area contributed by atoms with Gasteiger partial charge in [0.1, 0.15) is 5.52 Å². The minimum Gasteiger partial charge on any atom is -0.317 e. The van der Waals surface area contributed by atoms with Crippen molar-refractivity contribution in [2.45, 2.75) is 24.8 Å². The molecule has 1 unspecified atom stereocenters. The molecule has 2 aromatic rings. The summed E-state index contributed by atoms with van der Waals surface area (Å²) in [6.07, 6.45) is 8.38. The van der Waals surface area contributed by atoms with Gasteiger partial charge < -0.3 is 9.80 Å². The lowest BCUT2D eigenvalue weighted by Crippen LogP contribution is -2.64. The number of benzene rings is 1. The fourth-order valence-corrected chi connectivity index (χ4v) is 5.86. The Morgan fingerprint density at radius 1 is 1.27 bits per heavy atom. The fourth-order valence-electron chi connectivity index (χ4n) is 4.52.